The fraction of sp³-hybridized carbons (Fsp3) is 1.00. The van der Waals surface area contributed by atoms with Gasteiger partial charge in [0.05, 0.1) is 6.61 Å². The Balaban J connectivity index is 2.31. The molecule has 0 bridgehead atoms. The lowest BCUT2D eigenvalue weighted by Gasteiger charge is -2.29. The molecule has 1 heterocycles. The van der Waals surface area contributed by atoms with Gasteiger partial charge in [0.1, 0.15) is 0 Å². The molecule has 18 heavy (non-hydrogen) atoms. The zero-order valence-electron chi connectivity index (χ0n) is 12.5. The highest BCUT2D eigenvalue weighted by molar-refractivity contribution is 4.82. The van der Waals surface area contributed by atoms with Gasteiger partial charge in [0.25, 0.3) is 0 Å². The van der Waals surface area contributed by atoms with Crippen LogP contribution in [0.5, 0.6) is 0 Å². The van der Waals surface area contributed by atoms with E-state index in [1.165, 1.54) is 19.4 Å². The minimum Gasteiger partial charge on any atom is -0.395 e. The standard InChI is InChI=1S/C14H31N3O/c1-12(2)15-13(11-18)7-9-17-8-5-6-14(17)10-16(3)4/h12-15,18H,5-11H2,1-4H3. The molecule has 2 N–H and O–H groups in total. The van der Waals surface area contributed by atoms with Gasteiger partial charge in [0, 0.05) is 31.2 Å². The number of nitrogens with zero attached hydrogens (tertiary/aromatic N) is 2. The maximum Gasteiger partial charge on any atom is 0.0585 e. The Morgan fingerprint density at radius 1 is 1.39 bits per heavy atom. The van der Waals surface area contributed by atoms with Crippen LogP contribution in [-0.4, -0.2) is 73.4 Å². The summed E-state index contributed by atoms with van der Waals surface area (Å²) in [4.78, 5) is 4.86. The summed E-state index contributed by atoms with van der Waals surface area (Å²) in [6, 6.07) is 1.39. The Kier molecular flexibility index (Phi) is 7.15. The van der Waals surface area contributed by atoms with Crippen LogP contribution in [0.3, 0.4) is 0 Å². The molecule has 0 aliphatic carbocycles. The highest BCUT2D eigenvalue weighted by atomic mass is 16.3. The van der Waals surface area contributed by atoms with Crippen LogP contribution in [0.25, 0.3) is 0 Å². The molecule has 0 spiro atoms. The molecule has 1 aliphatic heterocycles. The lowest BCUT2D eigenvalue weighted by molar-refractivity contribution is 0.176. The predicted octanol–water partition coefficient (Wildman–Crippen LogP) is 0.761. The van der Waals surface area contributed by atoms with Gasteiger partial charge < -0.3 is 15.3 Å². The van der Waals surface area contributed by atoms with Crippen molar-refractivity contribution >= 4 is 0 Å². The number of nitrogens with one attached hydrogen (secondary N) is 1. The van der Waals surface area contributed by atoms with E-state index in [9.17, 15) is 5.11 Å². The lowest BCUT2D eigenvalue weighted by atomic mass is 10.1. The molecule has 2 unspecified atom stereocenters. The van der Waals surface area contributed by atoms with Crippen molar-refractivity contribution in [1.82, 2.24) is 15.1 Å². The number of aliphatic hydroxyl groups excluding tert-OH is 1. The summed E-state index contributed by atoms with van der Waals surface area (Å²) >= 11 is 0. The lowest BCUT2D eigenvalue weighted by Crippen LogP contribution is -2.43. The first-order valence-corrected chi connectivity index (χ1v) is 7.28. The van der Waals surface area contributed by atoms with E-state index in [-0.39, 0.29) is 12.6 Å². The first-order valence-electron chi connectivity index (χ1n) is 7.28. The van der Waals surface area contributed by atoms with Gasteiger partial charge >= 0.3 is 0 Å². The number of likely N-dealkylation sites (tertiary alicyclic amines) is 1. The van der Waals surface area contributed by atoms with Crippen molar-refractivity contribution < 1.29 is 5.11 Å². The van der Waals surface area contributed by atoms with E-state index < -0.39 is 0 Å². The van der Waals surface area contributed by atoms with Crippen LogP contribution in [0.15, 0.2) is 0 Å². The van der Waals surface area contributed by atoms with E-state index in [4.69, 9.17) is 0 Å². The third-order valence-electron chi connectivity index (χ3n) is 3.63. The summed E-state index contributed by atoms with van der Waals surface area (Å²) in [5, 5.41) is 12.8. The topological polar surface area (TPSA) is 38.7 Å². The van der Waals surface area contributed by atoms with Crippen molar-refractivity contribution in [1.29, 1.82) is 0 Å². The normalized spacial score (nSPS) is 23.2. The van der Waals surface area contributed by atoms with Crippen LogP contribution in [0.2, 0.25) is 0 Å². The van der Waals surface area contributed by atoms with Crippen LogP contribution in [-0.2, 0) is 0 Å². The molecular formula is C14H31N3O. The summed E-state index contributed by atoms with van der Waals surface area (Å²) in [7, 11) is 4.29. The average Bonchev–Trinajstić information content (AvgIpc) is 2.70. The zero-order chi connectivity index (χ0) is 13.5. The minimum atomic E-state index is 0.240. The van der Waals surface area contributed by atoms with Gasteiger partial charge in [-0.15, -0.1) is 0 Å². The van der Waals surface area contributed by atoms with E-state index in [1.807, 2.05) is 0 Å². The van der Waals surface area contributed by atoms with Crippen LogP contribution < -0.4 is 5.32 Å². The fourth-order valence-corrected chi connectivity index (χ4v) is 2.84. The quantitative estimate of drug-likeness (QED) is 0.673. The van der Waals surface area contributed by atoms with Gasteiger partial charge in [-0.3, -0.25) is 4.90 Å². The van der Waals surface area contributed by atoms with E-state index in [0.29, 0.717) is 12.1 Å². The van der Waals surface area contributed by atoms with Crippen molar-refractivity contribution in [2.45, 2.75) is 51.2 Å². The Morgan fingerprint density at radius 2 is 2.11 bits per heavy atom. The van der Waals surface area contributed by atoms with E-state index in [1.54, 1.807) is 0 Å². The average molecular weight is 257 g/mol. The monoisotopic (exact) mass is 257 g/mol. The summed E-state index contributed by atoms with van der Waals surface area (Å²) < 4.78 is 0. The second-order valence-corrected chi connectivity index (χ2v) is 6.08. The van der Waals surface area contributed by atoms with Gasteiger partial charge in [-0.1, -0.05) is 13.8 Å². The van der Waals surface area contributed by atoms with Gasteiger partial charge in [-0.05, 0) is 39.9 Å². The maximum atomic E-state index is 9.37. The molecule has 0 radical (unpaired) electrons. The summed E-state index contributed by atoms with van der Waals surface area (Å²) in [6.45, 7) is 7.98. The van der Waals surface area contributed by atoms with Gasteiger partial charge in [0.15, 0.2) is 0 Å². The van der Waals surface area contributed by atoms with E-state index >= 15 is 0 Å². The summed E-state index contributed by atoms with van der Waals surface area (Å²) in [5.41, 5.74) is 0. The molecule has 0 saturated carbocycles. The van der Waals surface area contributed by atoms with Gasteiger partial charge in [-0.2, -0.15) is 0 Å². The van der Waals surface area contributed by atoms with E-state index in [0.717, 1.165) is 19.5 Å². The third-order valence-corrected chi connectivity index (χ3v) is 3.63. The third kappa shape index (κ3) is 5.65. The Labute approximate surface area is 112 Å². The second-order valence-electron chi connectivity index (χ2n) is 6.08. The molecule has 1 saturated heterocycles. The first-order chi connectivity index (χ1) is 8.52. The number of aliphatic hydroxyl groups is 1. The molecule has 1 fully saturated rings. The highest BCUT2D eigenvalue weighted by Gasteiger charge is 2.25. The zero-order valence-corrected chi connectivity index (χ0v) is 12.5. The van der Waals surface area contributed by atoms with Crippen LogP contribution in [0.1, 0.15) is 33.1 Å². The van der Waals surface area contributed by atoms with Crippen molar-refractivity contribution in [2.24, 2.45) is 0 Å². The molecule has 4 nitrogen and oxygen atoms in total. The Morgan fingerprint density at radius 3 is 2.67 bits per heavy atom. The van der Waals surface area contributed by atoms with Crippen LogP contribution in [0.4, 0.5) is 0 Å². The minimum absolute atomic E-state index is 0.240. The SMILES string of the molecule is CC(C)NC(CO)CCN1CCCC1CN(C)C. The van der Waals surface area contributed by atoms with Gasteiger partial charge in [0.2, 0.25) is 0 Å². The molecular weight excluding hydrogens is 226 g/mol. The van der Waals surface area contributed by atoms with Crippen molar-refractivity contribution in [3.63, 3.8) is 0 Å². The van der Waals surface area contributed by atoms with Gasteiger partial charge in [-0.25, -0.2) is 0 Å². The van der Waals surface area contributed by atoms with Crippen molar-refractivity contribution in [2.75, 3.05) is 40.3 Å². The molecule has 0 aromatic rings. The molecule has 108 valence electrons. The van der Waals surface area contributed by atoms with Crippen LogP contribution in [0, 0.1) is 0 Å². The number of hydrogen-bond acceptors (Lipinski definition) is 4. The predicted molar refractivity (Wildman–Crippen MR) is 76.9 cm³/mol. The number of likely N-dealkylation sites (N-methyl/N-ethyl adjacent to an activating group) is 1. The van der Waals surface area contributed by atoms with Crippen LogP contribution >= 0.6 is 0 Å². The maximum absolute atomic E-state index is 9.37. The largest absolute Gasteiger partial charge is 0.395 e. The first kappa shape index (κ1) is 15.9. The van der Waals surface area contributed by atoms with Crippen molar-refractivity contribution in [3.8, 4) is 0 Å². The number of hydrogen-bond donors (Lipinski definition) is 2. The molecule has 0 aromatic carbocycles. The molecule has 1 rings (SSSR count). The van der Waals surface area contributed by atoms with E-state index in [2.05, 4.69) is 43.1 Å². The molecule has 2 atom stereocenters. The molecule has 4 heteroatoms. The molecule has 1 aliphatic rings. The fourth-order valence-electron chi connectivity index (χ4n) is 2.84. The summed E-state index contributed by atoms with van der Waals surface area (Å²) in [5.74, 6) is 0. The van der Waals surface area contributed by atoms with Crippen molar-refractivity contribution in [3.05, 3.63) is 0 Å². The Hall–Kier alpha value is -0.160. The molecule has 0 aromatic heterocycles. The highest BCUT2D eigenvalue weighted by Crippen LogP contribution is 2.18. The number of rotatable bonds is 8. The molecule has 0 amide bonds. The Bertz CT molecular complexity index is 221. The summed E-state index contributed by atoms with van der Waals surface area (Å²) in [6.07, 6.45) is 3.68. The second kappa shape index (κ2) is 8.10. The smallest absolute Gasteiger partial charge is 0.0585 e.